The first-order chi connectivity index (χ1) is 9.11. The zero-order chi connectivity index (χ0) is 13.8. The third kappa shape index (κ3) is 3.47. The molecule has 0 aromatic carbocycles. The first kappa shape index (κ1) is 14.3. The fourth-order valence-electron chi connectivity index (χ4n) is 3.44. The Morgan fingerprint density at radius 3 is 2.37 bits per heavy atom. The number of carbonyl (C=O) groups excluding carboxylic acids is 1. The molecule has 108 valence electrons. The molecule has 0 bridgehead atoms. The summed E-state index contributed by atoms with van der Waals surface area (Å²) in [5, 5.41) is 21.1. The van der Waals surface area contributed by atoms with E-state index in [-0.39, 0.29) is 24.3 Å². The lowest BCUT2D eigenvalue weighted by Crippen LogP contribution is -2.35. The zero-order valence-electron chi connectivity index (χ0n) is 11.2. The van der Waals surface area contributed by atoms with Crippen LogP contribution in [0, 0.1) is 23.7 Å². The van der Waals surface area contributed by atoms with Gasteiger partial charge in [0.2, 0.25) is 5.91 Å². The van der Waals surface area contributed by atoms with Crippen molar-refractivity contribution in [1.82, 2.24) is 5.32 Å². The summed E-state index contributed by atoms with van der Waals surface area (Å²) < 4.78 is 0. The summed E-state index contributed by atoms with van der Waals surface area (Å²) in [6.07, 6.45) is 4.98. The van der Waals surface area contributed by atoms with Crippen molar-refractivity contribution in [2.75, 3.05) is 13.2 Å². The molecule has 19 heavy (non-hydrogen) atoms. The Labute approximate surface area is 113 Å². The minimum atomic E-state index is -0.786. The van der Waals surface area contributed by atoms with E-state index in [2.05, 4.69) is 5.32 Å². The molecule has 0 radical (unpaired) electrons. The van der Waals surface area contributed by atoms with E-state index in [1.165, 1.54) is 0 Å². The molecule has 0 spiro atoms. The highest BCUT2D eigenvalue weighted by Gasteiger charge is 2.34. The molecule has 4 unspecified atom stereocenters. The zero-order valence-corrected chi connectivity index (χ0v) is 11.2. The molecule has 2 aliphatic carbocycles. The summed E-state index contributed by atoms with van der Waals surface area (Å²) in [5.74, 6) is -0.595. The summed E-state index contributed by atoms with van der Waals surface area (Å²) in [7, 11) is 0. The molecule has 0 aromatic rings. The molecule has 0 aliphatic heterocycles. The van der Waals surface area contributed by atoms with E-state index in [9.17, 15) is 14.7 Å². The number of aliphatic hydroxyl groups excluding tert-OH is 1. The van der Waals surface area contributed by atoms with Crippen LogP contribution in [0.2, 0.25) is 0 Å². The van der Waals surface area contributed by atoms with Crippen LogP contribution in [-0.4, -0.2) is 35.2 Å². The standard InChI is InChI=1S/C14H23NO4/c16-8-12-3-1-2-11(12)7-15-13(17)9-4-5-10(6-9)14(18)19/h9-12,16H,1-8H2,(H,15,17)(H,18,19). The highest BCUT2D eigenvalue weighted by molar-refractivity contribution is 5.80. The third-order valence-electron chi connectivity index (χ3n) is 4.74. The van der Waals surface area contributed by atoms with E-state index in [0.29, 0.717) is 37.6 Å². The lowest BCUT2D eigenvalue weighted by Gasteiger charge is -2.19. The highest BCUT2D eigenvalue weighted by atomic mass is 16.4. The second-order valence-corrected chi connectivity index (χ2v) is 5.92. The average Bonchev–Trinajstić information content (AvgIpc) is 3.04. The maximum Gasteiger partial charge on any atom is 0.306 e. The summed E-state index contributed by atoms with van der Waals surface area (Å²) in [4.78, 5) is 22.9. The van der Waals surface area contributed by atoms with Crippen molar-refractivity contribution in [3.63, 3.8) is 0 Å². The van der Waals surface area contributed by atoms with Crippen molar-refractivity contribution >= 4 is 11.9 Å². The van der Waals surface area contributed by atoms with Gasteiger partial charge in [0.25, 0.3) is 0 Å². The Hall–Kier alpha value is -1.10. The van der Waals surface area contributed by atoms with Crippen LogP contribution in [0.15, 0.2) is 0 Å². The Morgan fingerprint density at radius 1 is 1.05 bits per heavy atom. The first-order valence-electron chi connectivity index (χ1n) is 7.23. The van der Waals surface area contributed by atoms with Crippen LogP contribution >= 0.6 is 0 Å². The van der Waals surface area contributed by atoms with Gasteiger partial charge in [0, 0.05) is 19.1 Å². The summed E-state index contributed by atoms with van der Waals surface area (Å²) in [6, 6.07) is 0. The quantitative estimate of drug-likeness (QED) is 0.695. The summed E-state index contributed by atoms with van der Waals surface area (Å²) in [5.41, 5.74) is 0. The predicted octanol–water partition coefficient (Wildman–Crippen LogP) is 1.01. The number of carboxylic acid groups (broad SMARTS) is 1. The average molecular weight is 269 g/mol. The van der Waals surface area contributed by atoms with Gasteiger partial charge in [-0.3, -0.25) is 9.59 Å². The second kappa shape index (κ2) is 6.37. The molecule has 0 saturated heterocycles. The smallest absolute Gasteiger partial charge is 0.306 e. The Kier molecular flexibility index (Phi) is 4.80. The minimum absolute atomic E-state index is 0.00709. The molecule has 2 aliphatic rings. The number of amides is 1. The van der Waals surface area contributed by atoms with Gasteiger partial charge >= 0.3 is 5.97 Å². The van der Waals surface area contributed by atoms with Crippen LogP contribution in [0.1, 0.15) is 38.5 Å². The van der Waals surface area contributed by atoms with Gasteiger partial charge in [0.1, 0.15) is 0 Å². The lowest BCUT2D eigenvalue weighted by molar-refractivity contribution is -0.141. The Balaban J connectivity index is 1.74. The molecule has 4 atom stereocenters. The largest absolute Gasteiger partial charge is 0.481 e. The SMILES string of the molecule is O=C(O)C1CCC(C(=O)NCC2CCCC2CO)C1. The number of aliphatic hydroxyl groups is 1. The second-order valence-electron chi connectivity index (χ2n) is 5.92. The summed E-state index contributed by atoms with van der Waals surface area (Å²) in [6.45, 7) is 0.823. The van der Waals surface area contributed by atoms with E-state index < -0.39 is 5.97 Å². The fraction of sp³-hybridized carbons (Fsp3) is 0.857. The van der Waals surface area contributed by atoms with E-state index in [1.807, 2.05) is 0 Å². The maximum atomic E-state index is 12.0. The number of rotatable bonds is 5. The molecular formula is C14H23NO4. The van der Waals surface area contributed by atoms with Gasteiger partial charge in [0.05, 0.1) is 5.92 Å². The number of hydrogen-bond acceptors (Lipinski definition) is 3. The van der Waals surface area contributed by atoms with Gasteiger partial charge < -0.3 is 15.5 Å². The van der Waals surface area contributed by atoms with Gasteiger partial charge in [0.15, 0.2) is 0 Å². The molecule has 3 N–H and O–H groups in total. The van der Waals surface area contributed by atoms with Crippen molar-refractivity contribution in [2.24, 2.45) is 23.7 Å². The first-order valence-corrected chi connectivity index (χ1v) is 7.23. The normalized spacial score (nSPS) is 34.4. The van der Waals surface area contributed by atoms with E-state index in [4.69, 9.17) is 5.11 Å². The van der Waals surface area contributed by atoms with Gasteiger partial charge in [-0.05, 0) is 43.9 Å². The number of hydrogen-bond donors (Lipinski definition) is 3. The molecular weight excluding hydrogens is 246 g/mol. The summed E-state index contributed by atoms with van der Waals surface area (Å²) >= 11 is 0. The third-order valence-corrected chi connectivity index (χ3v) is 4.74. The lowest BCUT2D eigenvalue weighted by atomic mass is 9.96. The number of nitrogens with one attached hydrogen (secondary N) is 1. The van der Waals surface area contributed by atoms with E-state index in [0.717, 1.165) is 19.3 Å². The van der Waals surface area contributed by atoms with Gasteiger partial charge in [-0.25, -0.2) is 0 Å². The molecule has 2 saturated carbocycles. The van der Waals surface area contributed by atoms with E-state index >= 15 is 0 Å². The topological polar surface area (TPSA) is 86.6 Å². The highest BCUT2D eigenvalue weighted by Crippen LogP contribution is 2.32. The van der Waals surface area contributed by atoms with Gasteiger partial charge in [-0.15, -0.1) is 0 Å². The monoisotopic (exact) mass is 269 g/mol. The van der Waals surface area contributed by atoms with Gasteiger partial charge in [-0.2, -0.15) is 0 Å². The van der Waals surface area contributed by atoms with Crippen molar-refractivity contribution in [3.8, 4) is 0 Å². The van der Waals surface area contributed by atoms with E-state index in [1.54, 1.807) is 0 Å². The van der Waals surface area contributed by atoms with Crippen molar-refractivity contribution < 1.29 is 19.8 Å². The Morgan fingerprint density at radius 2 is 1.74 bits per heavy atom. The van der Waals surface area contributed by atoms with Crippen LogP contribution in [0.4, 0.5) is 0 Å². The van der Waals surface area contributed by atoms with Crippen LogP contribution in [-0.2, 0) is 9.59 Å². The molecule has 5 nitrogen and oxygen atoms in total. The number of aliphatic carboxylic acids is 1. The van der Waals surface area contributed by atoms with Crippen LogP contribution < -0.4 is 5.32 Å². The number of carboxylic acids is 1. The molecule has 0 heterocycles. The molecule has 1 amide bonds. The molecule has 2 fully saturated rings. The van der Waals surface area contributed by atoms with Crippen molar-refractivity contribution in [1.29, 1.82) is 0 Å². The fourth-order valence-corrected chi connectivity index (χ4v) is 3.44. The molecule has 5 heteroatoms. The predicted molar refractivity (Wildman–Crippen MR) is 69.4 cm³/mol. The van der Waals surface area contributed by atoms with Crippen molar-refractivity contribution in [2.45, 2.75) is 38.5 Å². The van der Waals surface area contributed by atoms with Crippen LogP contribution in [0.5, 0.6) is 0 Å². The van der Waals surface area contributed by atoms with Crippen LogP contribution in [0.3, 0.4) is 0 Å². The Bertz CT molecular complexity index is 344. The van der Waals surface area contributed by atoms with Gasteiger partial charge in [-0.1, -0.05) is 6.42 Å². The minimum Gasteiger partial charge on any atom is -0.481 e. The van der Waals surface area contributed by atoms with Crippen molar-refractivity contribution in [3.05, 3.63) is 0 Å². The molecule has 2 rings (SSSR count). The van der Waals surface area contributed by atoms with Crippen LogP contribution in [0.25, 0.3) is 0 Å². The number of carbonyl (C=O) groups is 2. The molecule has 0 aromatic heterocycles. The maximum absolute atomic E-state index is 12.0.